The Balaban J connectivity index is 1.85. The second-order valence-corrected chi connectivity index (χ2v) is 6.33. The monoisotopic (exact) mass is 275 g/mol. The summed E-state index contributed by atoms with van der Waals surface area (Å²) in [4.78, 5) is 1.20. The average Bonchev–Trinajstić information content (AvgIpc) is 2.74. The first-order valence-electron chi connectivity index (χ1n) is 5.88. The first-order valence-corrected chi connectivity index (χ1v) is 7.07. The van der Waals surface area contributed by atoms with Crippen LogP contribution in [0.25, 0.3) is 0 Å². The van der Waals surface area contributed by atoms with E-state index in [-0.39, 0.29) is 6.04 Å². The quantitative estimate of drug-likeness (QED) is 0.888. The molecule has 1 aromatic heterocycles. The SMILES string of the molecule is CC(NCC1(O)CCOCC1)c1ccc(Cl)s1. The van der Waals surface area contributed by atoms with E-state index in [9.17, 15) is 5.11 Å². The molecule has 1 fully saturated rings. The molecule has 0 aliphatic carbocycles. The lowest BCUT2D eigenvalue weighted by Crippen LogP contribution is -2.45. The number of thiophene rings is 1. The van der Waals surface area contributed by atoms with Crippen molar-refractivity contribution in [2.45, 2.75) is 31.4 Å². The second-order valence-electron chi connectivity index (χ2n) is 4.58. The van der Waals surface area contributed by atoms with Gasteiger partial charge in [-0.15, -0.1) is 11.3 Å². The maximum absolute atomic E-state index is 10.3. The van der Waals surface area contributed by atoms with Gasteiger partial charge in [0.2, 0.25) is 0 Å². The molecule has 0 radical (unpaired) electrons. The summed E-state index contributed by atoms with van der Waals surface area (Å²) < 4.78 is 6.06. The summed E-state index contributed by atoms with van der Waals surface area (Å²) in [5, 5.41) is 13.7. The normalized spacial score (nSPS) is 21.4. The van der Waals surface area contributed by atoms with Crippen LogP contribution in [0.4, 0.5) is 0 Å². The Morgan fingerprint density at radius 2 is 2.24 bits per heavy atom. The topological polar surface area (TPSA) is 41.5 Å². The largest absolute Gasteiger partial charge is 0.388 e. The molecule has 1 unspecified atom stereocenters. The molecular formula is C12H18ClNO2S. The van der Waals surface area contributed by atoms with Crippen molar-refractivity contribution < 1.29 is 9.84 Å². The third-order valence-corrected chi connectivity index (χ3v) is 4.60. The highest BCUT2D eigenvalue weighted by Crippen LogP contribution is 2.27. The minimum atomic E-state index is -0.617. The van der Waals surface area contributed by atoms with Crippen molar-refractivity contribution in [1.29, 1.82) is 0 Å². The van der Waals surface area contributed by atoms with E-state index in [0.29, 0.717) is 32.6 Å². The third kappa shape index (κ3) is 3.66. The van der Waals surface area contributed by atoms with Crippen LogP contribution in [0.1, 0.15) is 30.7 Å². The zero-order valence-corrected chi connectivity index (χ0v) is 11.5. The maximum atomic E-state index is 10.3. The smallest absolute Gasteiger partial charge is 0.0931 e. The first kappa shape index (κ1) is 13.3. The number of rotatable bonds is 4. The fourth-order valence-corrected chi connectivity index (χ4v) is 3.02. The molecule has 1 aliphatic rings. The Labute approximate surface area is 111 Å². The molecule has 1 aliphatic heterocycles. The Morgan fingerprint density at radius 1 is 1.53 bits per heavy atom. The van der Waals surface area contributed by atoms with Crippen molar-refractivity contribution in [3.05, 3.63) is 21.3 Å². The van der Waals surface area contributed by atoms with E-state index in [0.717, 1.165) is 4.34 Å². The lowest BCUT2D eigenvalue weighted by Gasteiger charge is -2.33. The van der Waals surface area contributed by atoms with Crippen LogP contribution in [0.2, 0.25) is 4.34 Å². The van der Waals surface area contributed by atoms with Gasteiger partial charge in [0.05, 0.1) is 9.94 Å². The zero-order chi connectivity index (χ0) is 12.3. The van der Waals surface area contributed by atoms with E-state index < -0.39 is 5.60 Å². The number of nitrogens with one attached hydrogen (secondary N) is 1. The van der Waals surface area contributed by atoms with Crippen LogP contribution >= 0.6 is 22.9 Å². The summed E-state index contributed by atoms with van der Waals surface area (Å²) in [7, 11) is 0. The molecule has 0 saturated carbocycles. The lowest BCUT2D eigenvalue weighted by atomic mass is 9.94. The molecule has 3 nitrogen and oxygen atoms in total. The van der Waals surface area contributed by atoms with Crippen LogP contribution in [0.15, 0.2) is 12.1 Å². The molecule has 0 amide bonds. The van der Waals surface area contributed by atoms with Gasteiger partial charge >= 0.3 is 0 Å². The molecule has 2 rings (SSSR count). The van der Waals surface area contributed by atoms with Crippen LogP contribution in [0.5, 0.6) is 0 Å². The average molecular weight is 276 g/mol. The zero-order valence-electron chi connectivity index (χ0n) is 9.91. The lowest BCUT2D eigenvalue weighted by molar-refractivity contribution is -0.0625. The Morgan fingerprint density at radius 3 is 2.82 bits per heavy atom. The minimum Gasteiger partial charge on any atom is -0.388 e. The predicted molar refractivity (Wildman–Crippen MR) is 70.7 cm³/mol. The van der Waals surface area contributed by atoms with Gasteiger partial charge in [0.1, 0.15) is 0 Å². The molecule has 1 aromatic rings. The van der Waals surface area contributed by atoms with E-state index in [1.54, 1.807) is 11.3 Å². The first-order chi connectivity index (χ1) is 8.09. The van der Waals surface area contributed by atoms with E-state index >= 15 is 0 Å². The van der Waals surface area contributed by atoms with Crippen molar-refractivity contribution in [3.63, 3.8) is 0 Å². The predicted octanol–water partition coefficient (Wildman–Crippen LogP) is 2.59. The van der Waals surface area contributed by atoms with Crippen LogP contribution in [-0.2, 0) is 4.74 Å². The standard InChI is InChI=1S/C12H18ClNO2S/c1-9(10-2-3-11(13)17-10)14-8-12(15)4-6-16-7-5-12/h2-3,9,14-15H,4-8H2,1H3. The summed E-state index contributed by atoms with van der Waals surface area (Å²) in [6.45, 7) is 3.99. The molecule has 1 saturated heterocycles. The minimum absolute atomic E-state index is 0.222. The van der Waals surface area contributed by atoms with E-state index in [1.165, 1.54) is 4.88 Å². The van der Waals surface area contributed by atoms with Gasteiger partial charge in [0.15, 0.2) is 0 Å². The number of halogens is 1. The molecule has 5 heteroatoms. The van der Waals surface area contributed by atoms with Crippen molar-refractivity contribution in [3.8, 4) is 0 Å². The fourth-order valence-electron chi connectivity index (χ4n) is 1.93. The van der Waals surface area contributed by atoms with Gasteiger partial charge in [-0.3, -0.25) is 0 Å². The van der Waals surface area contributed by atoms with Crippen LogP contribution < -0.4 is 5.32 Å². The van der Waals surface area contributed by atoms with E-state index in [2.05, 4.69) is 12.2 Å². The van der Waals surface area contributed by atoms with Crippen molar-refractivity contribution in [2.75, 3.05) is 19.8 Å². The molecule has 0 bridgehead atoms. The van der Waals surface area contributed by atoms with Crippen molar-refractivity contribution in [1.82, 2.24) is 5.32 Å². The van der Waals surface area contributed by atoms with Gasteiger partial charge in [-0.1, -0.05) is 11.6 Å². The van der Waals surface area contributed by atoms with Crippen LogP contribution in [0, 0.1) is 0 Å². The number of hydrogen-bond donors (Lipinski definition) is 2. The Hall–Kier alpha value is -0.130. The van der Waals surface area contributed by atoms with Gasteiger partial charge in [-0.25, -0.2) is 0 Å². The second kappa shape index (κ2) is 5.67. The molecule has 17 heavy (non-hydrogen) atoms. The van der Waals surface area contributed by atoms with Crippen LogP contribution in [-0.4, -0.2) is 30.5 Å². The summed E-state index contributed by atoms with van der Waals surface area (Å²) in [6.07, 6.45) is 1.41. The molecule has 1 atom stereocenters. The molecule has 2 N–H and O–H groups in total. The van der Waals surface area contributed by atoms with Gasteiger partial charge in [-0.2, -0.15) is 0 Å². The van der Waals surface area contributed by atoms with Gasteiger partial charge in [-0.05, 0) is 19.1 Å². The Kier molecular flexibility index (Phi) is 4.44. The maximum Gasteiger partial charge on any atom is 0.0931 e. The summed E-state index contributed by atoms with van der Waals surface area (Å²) in [5.41, 5.74) is -0.617. The molecule has 0 spiro atoms. The summed E-state index contributed by atoms with van der Waals surface area (Å²) in [5.74, 6) is 0. The molecule has 96 valence electrons. The summed E-state index contributed by atoms with van der Waals surface area (Å²) in [6, 6.07) is 4.15. The Bertz CT molecular complexity index is 363. The van der Waals surface area contributed by atoms with Gasteiger partial charge in [0.25, 0.3) is 0 Å². The van der Waals surface area contributed by atoms with Gasteiger partial charge in [0, 0.05) is 43.5 Å². The highest BCUT2D eigenvalue weighted by atomic mass is 35.5. The number of ether oxygens (including phenoxy) is 1. The highest BCUT2D eigenvalue weighted by Gasteiger charge is 2.29. The summed E-state index contributed by atoms with van der Waals surface area (Å²) >= 11 is 7.48. The van der Waals surface area contributed by atoms with Crippen molar-refractivity contribution in [2.24, 2.45) is 0 Å². The fraction of sp³-hybridized carbons (Fsp3) is 0.667. The van der Waals surface area contributed by atoms with E-state index in [4.69, 9.17) is 16.3 Å². The molecule has 2 heterocycles. The van der Waals surface area contributed by atoms with Gasteiger partial charge < -0.3 is 15.2 Å². The molecule has 0 aromatic carbocycles. The van der Waals surface area contributed by atoms with Crippen molar-refractivity contribution >= 4 is 22.9 Å². The molecular weight excluding hydrogens is 258 g/mol. The number of aliphatic hydroxyl groups is 1. The number of hydrogen-bond acceptors (Lipinski definition) is 4. The van der Waals surface area contributed by atoms with E-state index in [1.807, 2.05) is 12.1 Å². The highest BCUT2D eigenvalue weighted by molar-refractivity contribution is 7.16. The van der Waals surface area contributed by atoms with Crippen LogP contribution in [0.3, 0.4) is 0 Å². The third-order valence-electron chi connectivity index (χ3n) is 3.18.